The Kier molecular flexibility index (Phi) is 3.55. The monoisotopic (exact) mass is 326 g/mol. The van der Waals surface area contributed by atoms with E-state index in [1.54, 1.807) is 41.3 Å². The number of carbonyl (C=O) groups is 2. The first-order valence-electron chi connectivity index (χ1n) is 8.16. The van der Waals surface area contributed by atoms with Gasteiger partial charge in [0.05, 0.1) is 0 Å². The molecule has 2 fully saturated rings. The van der Waals surface area contributed by atoms with E-state index < -0.39 is 12.0 Å². The summed E-state index contributed by atoms with van der Waals surface area (Å²) in [5.74, 6) is -0.325. The van der Waals surface area contributed by atoms with Gasteiger partial charge in [0, 0.05) is 18.9 Å². The van der Waals surface area contributed by atoms with Gasteiger partial charge in [-0.15, -0.1) is 0 Å². The van der Waals surface area contributed by atoms with E-state index >= 15 is 0 Å². The number of carbonyl (C=O) groups excluding carboxylic acids is 1. The van der Waals surface area contributed by atoms with E-state index in [0.29, 0.717) is 18.3 Å². The highest BCUT2D eigenvalue weighted by Gasteiger charge is 2.49. The molecule has 0 spiro atoms. The lowest BCUT2D eigenvalue weighted by Crippen LogP contribution is -2.43. The fraction of sp³-hybridized carbons (Fsp3) is 0.412. The summed E-state index contributed by atoms with van der Waals surface area (Å²) in [7, 11) is 0. The fourth-order valence-corrected chi connectivity index (χ4v) is 4.05. The van der Waals surface area contributed by atoms with Gasteiger partial charge in [0.15, 0.2) is 5.82 Å². The van der Waals surface area contributed by atoms with Crippen LogP contribution in [0.2, 0.25) is 0 Å². The number of aromatic nitrogens is 3. The van der Waals surface area contributed by atoms with Crippen molar-refractivity contribution in [3.63, 3.8) is 0 Å². The third kappa shape index (κ3) is 2.36. The number of hydrogen-bond acceptors (Lipinski definition) is 4. The first-order chi connectivity index (χ1) is 11.6. The smallest absolute Gasteiger partial charge is 0.326 e. The highest BCUT2D eigenvalue weighted by molar-refractivity contribution is 5.95. The molecule has 3 heterocycles. The number of likely N-dealkylation sites (tertiary alicyclic amines) is 1. The topological polar surface area (TPSA) is 88.3 Å². The number of fused-ring (bicyclic) bond motifs is 1. The van der Waals surface area contributed by atoms with Gasteiger partial charge < -0.3 is 10.0 Å². The van der Waals surface area contributed by atoms with Gasteiger partial charge in [0.25, 0.3) is 5.91 Å². The van der Waals surface area contributed by atoms with E-state index in [2.05, 4.69) is 10.1 Å². The first kappa shape index (κ1) is 14.9. The zero-order chi connectivity index (χ0) is 16.7. The molecule has 2 aliphatic rings. The van der Waals surface area contributed by atoms with Crippen LogP contribution in [0.5, 0.6) is 0 Å². The maximum atomic E-state index is 12.9. The summed E-state index contributed by atoms with van der Waals surface area (Å²) < 4.78 is 1.57. The van der Waals surface area contributed by atoms with Gasteiger partial charge in [-0.2, -0.15) is 5.10 Å². The van der Waals surface area contributed by atoms with Crippen LogP contribution in [0.15, 0.2) is 36.7 Å². The van der Waals surface area contributed by atoms with Crippen LogP contribution in [0.25, 0.3) is 5.82 Å². The maximum absolute atomic E-state index is 12.9. The summed E-state index contributed by atoms with van der Waals surface area (Å²) in [6.07, 6.45) is 6.31. The molecule has 7 heteroatoms. The van der Waals surface area contributed by atoms with Gasteiger partial charge in [-0.05, 0) is 42.9 Å². The number of carboxylic acids is 1. The number of hydrogen-bond donors (Lipinski definition) is 1. The molecule has 2 aromatic rings. The summed E-state index contributed by atoms with van der Waals surface area (Å²) in [5.41, 5.74) is 0.259. The Balaban J connectivity index is 1.64. The van der Waals surface area contributed by atoms with Crippen LogP contribution in [-0.2, 0) is 4.79 Å². The Morgan fingerprint density at radius 3 is 2.83 bits per heavy atom. The van der Waals surface area contributed by atoms with Crippen LogP contribution in [0, 0.1) is 11.8 Å². The van der Waals surface area contributed by atoms with Gasteiger partial charge in [0.1, 0.15) is 11.7 Å². The standard InChI is InChI=1S/C17H18N4O3/c22-16(13-6-2-7-14(19-13)21-9-3-8-18-21)20-10-11-4-1-5-12(11)15(20)17(23)24/h2-3,6-9,11-12,15H,1,4-5,10H2,(H,23,24)/t11-,12+,15-/m0/s1. The summed E-state index contributed by atoms with van der Waals surface area (Å²) in [6.45, 7) is 0.508. The Hall–Kier alpha value is -2.70. The van der Waals surface area contributed by atoms with Crippen molar-refractivity contribution in [1.29, 1.82) is 0 Å². The fourth-order valence-electron chi connectivity index (χ4n) is 4.05. The van der Waals surface area contributed by atoms with Crippen molar-refractivity contribution >= 4 is 11.9 Å². The van der Waals surface area contributed by atoms with Crippen molar-refractivity contribution in [3.05, 3.63) is 42.4 Å². The van der Waals surface area contributed by atoms with E-state index in [0.717, 1.165) is 19.3 Å². The number of aliphatic carboxylic acids is 1. The zero-order valence-electron chi connectivity index (χ0n) is 13.1. The van der Waals surface area contributed by atoms with Crippen molar-refractivity contribution in [2.24, 2.45) is 11.8 Å². The molecule has 1 saturated carbocycles. The van der Waals surface area contributed by atoms with Crippen LogP contribution in [-0.4, -0.2) is 49.2 Å². The molecule has 0 bridgehead atoms. The highest BCUT2D eigenvalue weighted by Crippen LogP contribution is 2.42. The average molecular weight is 326 g/mol. The predicted octanol–water partition coefficient (Wildman–Crippen LogP) is 1.59. The molecular weight excluding hydrogens is 308 g/mol. The minimum atomic E-state index is -0.916. The number of rotatable bonds is 3. The van der Waals surface area contributed by atoms with E-state index in [9.17, 15) is 14.7 Å². The normalized spacial score (nSPS) is 25.7. The molecule has 1 saturated heterocycles. The molecule has 3 atom stereocenters. The van der Waals surface area contributed by atoms with E-state index in [1.165, 1.54) is 4.90 Å². The second kappa shape index (κ2) is 5.74. The van der Waals surface area contributed by atoms with E-state index in [-0.39, 0.29) is 17.5 Å². The molecule has 4 rings (SSSR count). The van der Waals surface area contributed by atoms with Crippen molar-refractivity contribution in [2.45, 2.75) is 25.3 Å². The minimum absolute atomic E-state index is 0.0701. The minimum Gasteiger partial charge on any atom is -0.480 e. The lowest BCUT2D eigenvalue weighted by molar-refractivity contribution is -0.142. The summed E-state index contributed by atoms with van der Waals surface area (Å²) in [5, 5.41) is 13.7. The van der Waals surface area contributed by atoms with Gasteiger partial charge in [-0.3, -0.25) is 4.79 Å². The predicted molar refractivity (Wildman–Crippen MR) is 84.7 cm³/mol. The molecule has 2 aromatic heterocycles. The number of carboxylic acid groups (broad SMARTS) is 1. The zero-order valence-corrected chi connectivity index (χ0v) is 13.1. The first-order valence-corrected chi connectivity index (χ1v) is 8.16. The SMILES string of the molecule is O=C(O)[C@@H]1[C@@H]2CCC[C@H]2CN1C(=O)c1cccc(-n2cccn2)n1. The molecule has 124 valence electrons. The molecular formula is C17H18N4O3. The van der Waals surface area contributed by atoms with Gasteiger partial charge in [-0.1, -0.05) is 12.5 Å². The molecule has 1 N–H and O–H groups in total. The van der Waals surface area contributed by atoms with Crippen molar-refractivity contribution in [2.75, 3.05) is 6.54 Å². The van der Waals surface area contributed by atoms with Gasteiger partial charge in [-0.25, -0.2) is 14.5 Å². The Bertz CT molecular complexity index is 774. The Morgan fingerprint density at radius 1 is 1.21 bits per heavy atom. The summed E-state index contributed by atoms with van der Waals surface area (Å²) >= 11 is 0. The van der Waals surface area contributed by atoms with E-state index in [1.807, 2.05) is 0 Å². The Morgan fingerprint density at radius 2 is 2.08 bits per heavy atom. The van der Waals surface area contributed by atoms with Gasteiger partial charge in [0.2, 0.25) is 0 Å². The van der Waals surface area contributed by atoms with Crippen LogP contribution < -0.4 is 0 Å². The molecule has 7 nitrogen and oxygen atoms in total. The van der Waals surface area contributed by atoms with Crippen molar-refractivity contribution < 1.29 is 14.7 Å². The second-order valence-corrected chi connectivity index (χ2v) is 6.43. The summed E-state index contributed by atoms with van der Waals surface area (Å²) in [6, 6.07) is 6.17. The van der Waals surface area contributed by atoms with Crippen LogP contribution in [0.4, 0.5) is 0 Å². The van der Waals surface area contributed by atoms with E-state index in [4.69, 9.17) is 0 Å². The van der Waals surface area contributed by atoms with Crippen molar-refractivity contribution in [3.8, 4) is 5.82 Å². The number of pyridine rings is 1. The third-order valence-corrected chi connectivity index (χ3v) is 5.10. The third-order valence-electron chi connectivity index (χ3n) is 5.10. The molecule has 0 unspecified atom stereocenters. The lowest BCUT2D eigenvalue weighted by Gasteiger charge is -2.24. The largest absolute Gasteiger partial charge is 0.480 e. The van der Waals surface area contributed by atoms with Crippen LogP contribution >= 0.6 is 0 Å². The lowest BCUT2D eigenvalue weighted by atomic mass is 9.94. The molecule has 24 heavy (non-hydrogen) atoms. The summed E-state index contributed by atoms with van der Waals surface area (Å²) in [4.78, 5) is 30.5. The maximum Gasteiger partial charge on any atom is 0.326 e. The average Bonchev–Trinajstić information content (AvgIpc) is 3.30. The Labute approximate surface area is 138 Å². The second-order valence-electron chi connectivity index (χ2n) is 6.43. The van der Waals surface area contributed by atoms with Crippen molar-refractivity contribution in [1.82, 2.24) is 19.7 Å². The molecule has 0 radical (unpaired) electrons. The van der Waals surface area contributed by atoms with Gasteiger partial charge >= 0.3 is 5.97 Å². The quantitative estimate of drug-likeness (QED) is 0.925. The number of nitrogens with zero attached hydrogens (tertiary/aromatic N) is 4. The van der Waals surface area contributed by atoms with Crippen LogP contribution in [0.3, 0.4) is 0 Å². The highest BCUT2D eigenvalue weighted by atomic mass is 16.4. The molecule has 1 amide bonds. The molecule has 1 aliphatic heterocycles. The molecule has 1 aliphatic carbocycles. The molecule has 0 aromatic carbocycles. The van der Waals surface area contributed by atoms with Crippen LogP contribution in [0.1, 0.15) is 29.8 Å². The number of amides is 1.